The molecule has 0 saturated carbocycles. The van der Waals surface area contributed by atoms with E-state index in [2.05, 4.69) is 5.32 Å². The molecule has 16 heavy (non-hydrogen) atoms. The molecule has 0 amide bonds. The molecule has 0 aliphatic heterocycles. The van der Waals surface area contributed by atoms with Crippen LogP contribution in [-0.4, -0.2) is 19.1 Å². The van der Waals surface area contributed by atoms with Crippen molar-refractivity contribution in [3.05, 3.63) is 23.1 Å². The summed E-state index contributed by atoms with van der Waals surface area (Å²) >= 11 is 5.62. The smallest absolute Gasteiger partial charge is 0.305 e. The summed E-state index contributed by atoms with van der Waals surface area (Å²) in [5.74, 6) is 0.645. The Morgan fingerprint density at radius 1 is 1.56 bits per heavy atom. The second-order valence-electron chi connectivity index (χ2n) is 3.29. The number of carbonyl (C=O) groups excluding carboxylic acids is 1. The molecule has 1 N–H and O–H groups in total. The number of hydrogen-bond donors (Lipinski definition) is 1. The van der Waals surface area contributed by atoms with Crippen molar-refractivity contribution in [1.29, 1.82) is 0 Å². The third-order valence-corrected chi connectivity index (χ3v) is 2.17. The lowest BCUT2D eigenvalue weighted by Gasteiger charge is -2.02. The Bertz CT molecular complexity index is 325. The zero-order valence-corrected chi connectivity index (χ0v) is 10.0. The fourth-order valence-corrected chi connectivity index (χ4v) is 1.41. The fraction of sp³-hybridized carbons (Fsp3) is 0.545. The Morgan fingerprint density at radius 2 is 2.38 bits per heavy atom. The van der Waals surface area contributed by atoms with Crippen molar-refractivity contribution in [3.63, 3.8) is 0 Å². The van der Waals surface area contributed by atoms with Crippen molar-refractivity contribution < 1.29 is 13.9 Å². The Labute approximate surface area is 99.9 Å². The highest BCUT2D eigenvalue weighted by molar-refractivity contribution is 6.28. The van der Waals surface area contributed by atoms with Crippen LogP contribution in [0.15, 0.2) is 16.5 Å². The maximum atomic E-state index is 11.0. The summed E-state index contributed by atoms with van der Waals surface area (Å²) < 4.78 is 9.97. The van der Waals surface area contributed by atoms with Gasteiger partial charge in [-0.2, -0.15) is 0 Å². The first-order valence-corrected chi connectivity index (χ1v) is 5.70. The van der Waals surface area contributed by atoms with Crippen molar-refractivity contribution in [1.82, 2.24) is 5.32 Å². The van der Waals surface area contributed by atoms with Gasteiger partial charge in [-0.25, -0.2) is 0 Å². The molecular formula is C11H16ClNO3. The van der Waals surface area contributed by atoms with Crippen LogP contribution in [0.4, 0.5) is 0 Å². The SMILES string of the molecule is CCOC(=O)CCCNCc1ccc(Cl)o1. The summed E-state index contributed by atoms with van der Waals surface area (Å²) in [5.41, 5.74) is 0. The molecule has 1 aromatic rings. The van der Waals surface area contributed by atoms with Crippen LogP contribution in [0.2, 0.25) is 5.22 Å². The molecule has 90 valence electrons. The van der Waals surface area contributed by atoms with Gasteiger partial charge in [0.1, 0.15) is 5.76 Å². The topological polar surface area (TPSA) is 51.5 Å². The minimum atomic E-state index is -0.148. The van der Waals surface area contributed by atoms with E-state index in [0.717, 1.165) is 18.7 Å². The van der Waals surface area contributed by atoms with Crippen molar-refractivity contribution in [2.75, 3.05) is 13.2 Å². The zero-order valence-electron chi connectivity index (χ0n) is 9.29. The van der Waals surface area contributed by atoms with Gasteiger partial charge in [0.25, 0.3) is 0 Å². The molecule has 0 aliphatic carbocycles. The standard InChI is InChI=1S/C11H16ClNO3/c1-2-15-11(14)4-3-7-13-8-9-5-6-10(12)16-9/h5-6,13H,2-4,7-8H2,1H3. The van der Waals surface area contributed by atoms with E-state index in [0.29, 0.717) is 24.8 Å². The largest absolute Gasteiger partial charge is 0.466 e. The molecule has 1 heterocycles. The van der Waals surface area contributed by atoms with Gasteiger partial charge in [-0.3, -0.25) is 4.79 Å². The Hall–Kier alpha value is -1.00. The van der Waals surface area contributed by atoms with Gasteiger partial charge >= 0.3 is 5.97 Å². The van der Waals surface area contributed by atoms with Crippen LogP contribution in [0, 0.1) is 0 Å². The van der Waals surface area contributed by atoms with Gasteiger partial charge in [-0.15, -0.1) is 0 Å². The van der Waals surface area contributed by atoms with Crippen molar-refractivity contribution in [2.45, 2.75) is 26.3 Å². The molecule has 0 saturated heterocycles. The molecule has 0 atom stereocenters. The fourth-order valence-electron chi connectivity index (χ4n) is 1.25. The molecule has 5 heteroatoms. The number of rotatable bonds is 7. The van der Waals surface area contributed by atoms with Crippen LogP contribution in [0.5, 0.6) is 0 Å². The summed E-state index contributed by atoms with van der Waals surface area (Å²) in [4.78, 5) is 11.0. The van der Waals surface area contributed by atoms with Gasteiger partial charge in [-0.05, 0) is 43.6 Å². The van der Waals surface area contributed by atoms with E-state index in [9.17, 15) is 4.79 Å². The number of esters is 1. The zero-order chi connectivity index (χ0) is 11.8. The first-order valence-electron chi connectivity index (χ1n) is 5.33. The second-order valence-corrected chi connectivity index (χ2v) is 3.66. The number of hydrogen-bond acceptors (Lipinski definition) is 4. The van der Waals surface area contributed by atoms with E-state index >= 15 is 0 Å². The summed E-state index contributed by atoms with van der Waals surface area (Å²) in [5, 5.41) is 3.54. The molecule has 1 rings (SSSR count). The molecule has 0 fully saturated rings. The van der Waals surface area contributed by atoms with Crippen molar-refractivity contribution in [3.8, 4) is 0 Å². The molecule has 0 unspecified atom stereocenters. The minimum Gasteiger partial charge on any atom is -0.466 e. The van der Waals surface area contributed by atoms with E-state index < -0.39 is 0 Å². The quantitative estimate of drug-likeness (QED) is 0.592. The number of carbonyl (C=O) groups is 1. The Morgan fingerprint density at radius 3 is 3.00 bits per heavy atom. The molecule has 0 aliphatic rings. The van der Waals surface area contributed by atoms with Crippen molar-refractivity contribution >= 4 is 17.6 Å². The predicted molar refractivity (Wildman–Crippen MR) is 61.3 cm³/mol. The van der Waals surface area contributed by atoms with Crippen LogP contribution in [0.3, 0.4) is 0 Å². The van der Waals surface area contributed by atoms with E-state index in [-0.39, 0.29) is 5.97 Å². The highest BCUT2D eigenvalue weighted by Crippen LogP contribution is 2.12. The maximum absolute atomic E-state index is 11.0. The van der Waals surface area contributed by atoms with Gasteiger partial charge in [0.2, 0.25) is 0 Å². The lowest BCUT2D eigenvalue weighted by Crippen LogP contribution is -2.16. The molecular weight excluding hydrogens is 230 g/mol. The summed E-state index contributed by atoms with van der Waals surface area (Å²) in [7, 11) is 0. The third-order valence-electron chi connectivity index (χ3n) is 1.97. The minimum absolute atomic E-state index is 0.148. The predicted octanol–water partition coefficient (Wildman–Crippen LogP) is 2.37. The average Bonchev–Trinajstić information content (AvgIpc) is 2.64. The summed E-state index contributed by atoms with van der Waals surface area (Å²) in [6, 6.07) is 3.53. The molecule has 0 aromatic carbocycles. The van der Waals surface area contributed by atoms with Gasteiger partial charge in [0, 0.05) is 6.42 Å². The first kappa shape index (κ1) is 13.1. The second kappa shape index (κ2) is 7.30. The van der Waals surface area contributed by atoms with E-state index in [1.54, 1.807) is 13.0 Å². The maximum Gasteiger partial charge on any atom is 0.305 e. The average molecular weight is 246 g/mol. The molecule has 4 nitrogen and oxygen atoms in total. The van der Waals surface area contributed by atoms with Gasteiger partial charge in [0.05, 0.1) is 13.2 Å². The van der Waals surface area contributed by atoms with Crippen LogP contribution in [-0.2, 0) is 16.1 Å². The van der Waals surface area contributed by atoms with Crippen molar-refractivity contribution in [2.24, 2.45) is 0 Å². The Balaban J connectivity index is 2.02. The summed E-state index contributed by atoms with van der Waals surface area (Å²) in [6.45, 7) is 3.61. The van der Waals surface area contributed by atoms with Gasteiger partial charge < -0.3 is 14.5 Å². The number of halogens is 1. The van der Waals surface area contributed by atoms with E-state index in [1.807, 2.05) is 6.07 Å². The monoisotopic (exact) mass is 245 g/mol. The van der Waals surface area contributed by atoms with Gasteiger partial charge in [-0.1, -0.05) is 0 Å². The van der Waals surface area contributed by atoms with Gasteiger partial charge in [0.15, 0.2) is 5.22 Å². The highest BCUT2D eigenvalue weighted by Gasteiger charge is 2.01. The molecule has 0 bridgehead atoms. The lowest BCUT2D eigenvalue weighted by molar-refractivity contribution is -0.143. The molecule has 0 spiro atoms. The Kier molecular flexibility index (Phi) is 5.96. The van der Waals surface area contributed by atoms with Crippen LogP contribution in [0.25, 0.3) is 0 Å². The molecule has 1 aromatic heterocycles. The number of ether oxygens (including phenoxy) is 1. The first-order chi connectivity index (χ1) is 7.72. The van der Waals surface area contributed by atoms with E-state index in [4.69, 9.17) is 20.8 Å². The third kappa shape index (κ3) is 5.19. The molecule has 0 radical (unpaired) electrons. The lowest BCUT2D eigenvalue weighted by atomic mass is 10.3. The normalized spacial score (nSPS) is 10.4. The number of furan rings is 1. The highest BCUT2D eigenvalue weighted by atomic mass is 35.5. The number of nitrogens with one attached hydrogen (secondary N) is 1. The van der Waals surface area contributed by atoms with E-state index in [1.165, 1.54) is 0 Å². The summed E-state index contributed by atoms with van der Waals surface area (Å²) in [6.07, 6.45) is 1.20. The van der Waals surface area contributed by atoms with Crippen LogP contribution < -0.4 is 5.32 Å². The van der Waals surface area contributed by atoms with Crippen LogP contribution >= 0.6 is 11.6 Å². The van der Waals surface area contributed by atoms with Crippen LogP contribution in [0.1, 0.15) is 25.5 Å².